The Morgan fingerprint density at radius 2 is 1.90 bits per heavy atom. The number of hydrogen-bond donors (Lipinski definition) is 2. The molecule has 1 fully saturated rings. The summed E-state index contributed by atoms with van der Waals surface area (Å²) in [6.07, 6.45) is -0.986. The van der Waals surface area contributed by atoms with Gasteiger partial charge < -0.3 is 19.8 Å². The second-order valence-corrected chi connectivity index (χ2v) is 7.25. The molecule has 1 saturated heterocycles. The van der Waals surface area contributed by atoms with Gasteiger partial charge in [0.05, 0.1) is 0 Å². The number of nitrogens with zero attached hydrogens (tertiary/aromatic N) is 2. The topological polar surface area (TPSA) is 78.6 Å². The molecule has 1 aromatic heterocycles. The molecular formula is C14H23N3O3. The molecule has 0 bridgehead atoms. The third-order valence-corrected chi connectivity index (χ3v) is 3.36. The van der Waals surface area contributed by atoms with Crippen molar-refractivity contribution in [3.63, 3.8) is 0 Å². The maximum atomic E-state index is 12.0. The van der Waals surface area contributed by atoms with Gasteiger partial charge in [-0.2, -0.15) is 0 Å². The van der Waals surface area contributed by atoms with E-state index in [0.717, 1.165) is 5.76 Å². The van der Waals surface area contributed by atoms with Gasteiger partial charge in [0, 0.05) is 17.0 Å². The van der Waals surface area contributed by atoms with Crippen molar-refractivity contribution < 1.29 is 14.4 Å². The summed E-state index contributed by atoms with van der Waals surface area (Å²) in [6.45, 7) is 11.8. The zero-order valence-corrected chi connectivity index (χ0v) is 12.9. The van der Waals surface area contributed by atoms with Crippen LogP contribution in [0.1, 0.15) is 59.0 Å². The van der Waals surface area contributed by atoms with Crippen LogP contribution in [-0.2, 0) is 5.41 Å². The minimum atomic E-state index is -0.986. The Kier molecular flexibility index (Phi) is 3.32. The number of hydrogen-bond acceptors (Lipinski definition) is 4. The molecule has 112 valence electrons. The lowest BCUT2D eigenvalue weighted by molar-refractivity contribution is 0.0657. The minimum absolute atomic E-state index is 0.168. The summed E-state index contributed by atoms with van der Waals surface area (Å²) < 4.78 is 5.36. The first-order valence-electron chi connectivity index (χ1n) is 6.77. The first-order valence-corrected chi connectivity index (χ1v) is 6.77. The molecule has 2 atom stereocenters. The second-order valence-electron chi connectivity index (χ2n) is 7.25. The van der Waals surface area contributed by atoms with Gasteiger partial charge in [0.15, 0.2) is 6.23 Å². The Morgan fingerprint density at radius 3 is 2.35 bits per heavy atom. The predicted molar refractivity (Wildman–Crippen MR) is 74.1 cm³/mol. The van der Waals surface area contributed by atoms with Crippen molar-refractivity contribution in [1.82, 2.24) is 15.4 Å². The maximum Gasteiger partial charge on any atom is 0.320 e. The lowest BCUT2D eigenvalue weighted by Gasteiger charge is -2.35. The van der Waals surface area contributed by atoms with E-state index in [-0.39, 0.29) is 11.4 Å². The second kappa shape index (κ2) is 4.48. The van der Waals surface area contributed by atoms with E-state index >= 15 is 0 Å². The fraction of sp³-hybridized carbons (Fsp3) is 0.714. The normalized spacial score (nSPS) is 24.1. The molecule has 0 radical (unpaired) electrons. The van der Waals surface area contributed by atoms with Crippen molar-refractivity contribution in [1.29, 1.82) is 0 Å². The standard InChI is InChI=1S/C14H23N3O3/c1-13(2,3)9-7-8(16-20-9)10-11(18)15-12(19)17(10)14(4,5)6/h7,10-11,18H,1-6H3,(H,15,19). The molecule has 0 spiro atoms. The van der Waals surface area contributed by atoms with Crippen LogP contribution in [0.25, 0.3) is 0 Å². The Hall–Kier alpha value is -1.56. The summed E-state index contributed by atoms with van der Waals surface area (Å²) in [4.78, 5) is 13.6. The summed E-state index contributed by atoms with van der Waals surface area (Å²) in [6, 6.07) is 0.977. The highest BCUT2D eigenvalue weighted by Crippen LogP contribution is 2.35. The first-order chi connectivity index (χ1) is 9.01. The number of aliphatic hydroxyl groups excluding tert-OH is 1. The van der Waals surface area contributed by atoms with Crippen LogP contribution < -0.4 is 5.32 Å². The lowest BCUT2D eigenvalue weighted by atomic mass is 9.92. The van der Waals surface area contributed by atoms with Gasteiger partial charge in [-0.05, 0) is 20.8 Å². The van der Waals surface area contributed by atoms with Crippen molar-refractivity contribution >= 4 is 6.03 Å². The summed E-state index contributed by atoms with van der Waals surface area (Å²) in [7, 11) is 0. The van der Waals surface area contributed by atoms with Crippen molar-refractivity contribution in [2.24, 2.45) is 0 Å². The highest BCUT2D eigenvalue weighted by molar-refractivity contribution is 5.78. The molecule has 2 amide bonds. The van der Waals surface area contributed by atoms with E-state index in [1.165, 1.54) is 0 Å². The Morgan fingerprint density at radius 1 is 1.30 bits per heavy atom. The number of aliphatic hydroxyl groups is 1. The molecule has 0 aromatic carbocycles. The summed E-state index contributed by atoms with van der Waals surface area (Å²) in [5.74, 6) is 0.730. The number of amides is 2. The molecule has 6 nitrogen and oxygen atoms in total. The van der Waals surface area contributed by atoms with E-state index in [2.05, 4.69) is 10.5 Å². The molecule has 0 aliphatic carbocycles. The summed E-state index contributed by atoms with van der Waals surface area (Å²) >= 11 is 0. The minimum Gasteiger partial charge on any atom is -0.371 e. The molecule has 2 N–H and O–H groups in total. The van der Waals surface area contributed by atoms with Crippen LogP contribution in [0.5, 0.6) is 0 Å². The Bertz CT molecular complexity index is 510. The van der Waals surface area contributed by atoms with Crippen LogP contribution in [0.4, 0.5) is 4.79 Å². The Balaban J connectivity index is 2.39. The van der Waals surface area contributed by atoms with E-state index in [1.54, 1.807) is 4.90 Å². The van der Waals surface area contributed by atoms with Crippen LogP contribution in [-0.4, -0.2) is 33.0 Å². The van der Waals surface area contributed by atoms with E-state index in [0.29, 0.717) is 5.69 Å². The van der Waals surface area contributed by atoms with Crippen LogP contribution in [0.2, 0.25) is 0 Å². The van der Waals surface area contributed by atoms with Crippen LogP contribution >= 0.6 is 0 Å². The quantitative estimate of drug-likeness (QED) is 0.826. The number of urea groups is 1. The van der Waals surface area contributed by atoms with E-state index < -0.39 is 17.8 Å². The number of aromatic nitrogens is 1. The SMILES string of the molecule is CC(C)(C)c1cc(C2C(O)NC(=O)N2C(C)(C)C)no1. The third-order valence-electron chi connectivity index (χ3n) is 3.36. The van der Waals surface area contributed by atoms with Gasteiger partial charge in [-0.3, -0.25) is 0 Å². The fourth-order valence-corrected chi connectivity index (χ4v) is 2.34. The molecule has 6 heteroatoms. The van der Waals surface area contributed by atoms with E-state index in [4.69, 9.17) is 4.52 Å². The molecule has 2 heterocycles. The van der Waals surface area contributed by atoms with Gasteiger partial charge in [-0.25, -0.2) is 4.79 Å². The molecule has 1 aliphatic rings. The van der Waals surface area contributed by atoms with Crippen molar-refractivity contribution in [2.75, 3.05) is 0 Å². The van der Waals surface area contributed by atoms with Crippen molar-refractivity contribution in [2.45, 2.75) is 64.8 Å². The fourth-order valence-electron chi connectivity index (χ4n) is 2.34. The monoisotopic (exact) mass is 281 g/mol. The van der Waals surface area contributed by atoms with Gasteiger partial charge in [-0.15, -0.1) is 0 Å². The molecular weight excluding hydrogens is 258 g/mol. The van der Waals surface area contributed by atoms with Gasteiger partial charge in [-0.1, -0.05) is 25.9 Å². The van der Waals surface area contributed by atoms with Gasteiger partial charge in [0.25, 0.3) is 0 Å². The summed E-state index contributed by atoms with van der Waals surface area (Å²) in [5.41, 5.74) is -0.0259. The van der Waals surface area contributed by atoms with Gasteiger partial charge in [0.2, 0.25) is 0 Å². The number of carbonyl (C=O) groups excluding carboxylic acids is 1. The van der Waals surface area contributed by atoms with Crippen molar-refractivity contribution in [3.05, 3.63) is 17.5 Å². The van der Waals surface area contributed by atoms with Gasteiger partial charge in [0.1, 0.15) is 17.5 Å². The first kappa shape index (κ1) is 14.8. The molecule has 1 aromatic rings. The van der Waals surface area contributed by atoms with E-state index in [1.807, 2.05) is 47.6 Å². The molecule has 20 heavy (non-hydrogen) atoms. The molecule has 2 rings (SSSR count). The van der Waals surface area contributed by atoms with Crippen LogP contribution in [0.15, 0.2) is 10.6 Å². The third kappa shape index (κ3) is 2.52. The van der Waals surface area contributed by atoms with Crippen molar-refractivity contribution in [3.8, 4) is 0 Å². The van der Waals surface area contributed by atoms with Crippen LogP contribution in [0, 0.1) is 0 Å². The highest BCUT2D eigenvalue weighted by Gasteiger charge is 2.46. The predicted octanol–water partition coefficient (Wildman–Crippen LogP) is 2.16. The molecule has 2 unspecified atom stereocenters. The lowest BCUT2D eigenvalue weighted by Crippen LogP contribution is -2.44. The maximum absolute atomic E-state index is 12.0. The average molecular weight is 281 g/mol. The van der Waals surface area contributed by atoms with Crippen LogP contribution in [0.3, 0.4) is 0 Å². The highest BCUT2D eigenvalue weighted by atomic mass is 16.5. The average Bonchev–Trinajstić information content (AvgIpc) is 2.79. The Labute approximate surface area is 119 Å². The zero-order chi connectivity index (χ0) is 15.3. The number of nitrogens with one attached hydrogen (secondary N) is 1. The molecule has 0 saturated carbocycles. The number of carbonyl (C=O) groups is 1. The smallest absolute Gasteiger partial charge is 0.320 e. The number of rotatable bonds is 1. The largest absolute Gasteiger partial charge is 0.371 e. The van der Waals surface area contributed by atoms with Gasteiger partial charge >= 0.3 is 6.03 Å². The van der Waals surface area contributed by atoms with E-state index in [9.17, 15) is 9.90 Å². The zero-order valence-electron chi connectivity index (χ0n) is 12.9. The summed E-state index contributed by atoms with van der Waals surface area (Å²) in [5, 5.41) is 16.7. The molecule has 1 aliphatic heterocycles.